The quantitative estimate of drug-likeness (QED) is 0.789. The van der Waals surface area contributed by atoms with Crippen LogP contribution in [0, 0.1) is 0 Å². The van der Waals surface area contributed by atoms with E-state index in [2.05, 4.69) is 19.9 Å². The molecule has 0 bridgehead atoms. The van der Waals surface area contributed by atoms with Crippen molar-refractivity contribution in [1.82, 2.24) is 9.71 Å². The monoisotopic (exact) mass is 404 g/mol. The van der Waals surface area contributed by atoms with Gasteiger partial charge in [-0.15, -0.1) is 0 Å². The second-order valence-corrected chi connectivity index (χ2v) is 8.64. The molecule has 1 aromatic heterocycles. The normalized spacial score (nSPS) is 20.0. The van der Waals surface area contributed by atoms with Gasteiger partial charge in [0.15, 0.2) is 0 Å². The molecule has 8 nitrogen and oxygen atoms in total. The first-order chi connectivity index (χ1) is 13.3. The smallest absolute Gasteiger partial charge is 0.255 e. The summed E-state index contributed by atoms with van der Waals surface area (Å²) in [7, 11) is -2.19. The molecule has 2 heterocycles. The van der Waals surface area contributed by atoms with E-state index in [1.54, 1.807) is 12.3 Å². The van der Waals surface area contributed by atoms with Gasteiger partial charge in [0, 0.05) is 18.7 Å². The molecule has 9 heteroatoms. The zero-order valence-electron chi connectivity index (χ0n) is 16.0. The van der Waals surface area contributed by atoms with Crippen LogP contribution in [0.3, 0.4) is 0 Å². The first-order valence-corrected chi connectivity index (χ1v) is 10.5. The molecule has 2 atom stereocenters. The Labute approximate surface area is 165 Å². The van der Waals surface area contributed by atoms with E-state index in [-0.39, 0.29) is 23.0 Å². The molecule has 0 aliphatic carbocycles. The number of hydrogen-bond donors (Lipinski definition) is 2. The van der Waals surface area contributed by atoms with Gasteiger partial charge in [-0.05, 0) is 57.3 Å². The maximum absolute atomic E-state index is 12.4. The number of carbonyl (C=O) groups excluding carboxylic acids is 1. The second kappa shape index (κ2) is 8.26. The maximum atomic E-state index is 12.4. The number of hydrogen-bond acceptors (Lipinski definition) is 6. The Hall–Kier alpha value is -2.49. The van der Waals surface area contributed by atoms with Crippen LogP contribution in [-0.2, 0) is 14.8 Å². The number of anilines is 2. The summed E-state index contributed by atoms with van der Waals surface area (Å²) in [5.74, 6) is 0.498. The largest absolute Gasteiger partial charge is 0.372 e. The summed E-state index contributed by atoms with van der Waals surface area (Å²) in [6.45, 7) is 5.60. The predicted molar refractivity (Wildman–Crippen MR) is 107 cm³/mol. The summed E-state index contributed by atoms with van der Waals surface area (Å²) in [5.41, 5.74) is 0.921. The van der Waals surface area contributed by atoms with E-state index in [4.69, 9.17) is 4.74 Å². The van der Waals surface area contributed by atoms with Gasteiger partial charge in [-0.1, -0.05) is 0 Å². The van der Waals surface area contributed by atoms with E-state index in [1.165, 1.54) is 31.3 Å². The lowest BCUT2D eigenvalue weighted by molar-refractivity contribution is -0.00545. The summed E-state index contributed by atoms with van der Waals surface area (Å²) in [5, 5.41) is 2.77. The van der Waals surface area contributed by atoms with Crippen LogP contribution in [0.5, 0.6) is 0 Å². The van der Waals surface area contributed by atoms with Crippen LogP contribution < -0.4 is 14.9 Å². The zero-order chi connectivity index (χ0) is 20.3. The number of carbonyl (C=O) groups is 1. The molecule has 1 saturated heterocycles. The first kappa shape index (κ1) is 20.2. The number of morpholine rings is 1. The number of sulfonamides is 1. The van der Waals surface area contributed by atoms with Crippen molar-refractivity contribution in [3.8, 4) is 0 Å². The number of benzene rings is 1. The third-order valence-corrected chi connectivity index (χ3v) is 5.88. The molecule has 150 valence electrons. The van der Waals surface area contributed by atoms with Crippen molar-refractivity contribution in [2.24, 2.45) is 0 Å². The van der Waals surface area contributed by atoms with Crippen LogP contribution in [0.2, 0.25) is 0 Å². The average Bonchev–Trinajstić information content (AvgIpc) is 2.68. The van der Waals surface area contributed by atoms with E-state index in [9.17, 15) is 13.2 Å². The van der Waals surface area contributed by atoms with Gasteiger partial charge < -0.3 is 15.0 Å². The van der Waals surface area contributed by atoms with Crippen molar-refractivity contribution in [2.75, 3.05) is 30.4 Å². The molecular formula is C19H24N4O4S. The lowest BCUT2D eigenvalue weighted by Gasteiger charge is -2.36. The van der Waals surface area contributed by atoms with Crippen LogP contribution >= 0.6 is 0 Å². The molecular weight excluding hydrogens is 380 g/mol. The average molecular weight is 404 g/mol. The molecule has 2 unspecified atom stereocenters. The number of pyridine rings is 1. The van der Waals surface area contributed by atoms with Gasteiger partial charge in [0.05, 0.1) is 29.0 Å². The number of nitrogens with zero attached hydrogens (tertiary/aromatic N) is 2. The molecule has 0 saturated carbocycles. The van der Waals surface area contributed by atoms with Gasteiger partial charge in [0.1, 0.15) is 5.82 Å². The molecule has 1 aromatic carbocycles. The molecule has 3 rings (SSSR count). The van der Waals surface area contributed by atoms with E-state index in [0.717, 1.165) is 18.9 Å². The highest BCUT2D eigenvalue weighted by atomic mass is 32.2. The highest BCUT2D eigenvalue weighted by Crippen LogP contribution is 2.20. The SMILES string of the molecule is CNS(=O)(=O)c1ccc(C(=O)Nc2ccc(N3CC(C)OC(C)C3)nc2)cc1. The summed E-state index contributed by atoms with van der Waals surface area (Å²) in [6, 6.07) is 9.38. The maximum Gasteiger partial charge on any atom is 0.255 e. The van der Waals surface area contributed by atoms with Crippen LogP contribution in [0.4, 0.5) is 11.5 Å². The minimum atomic E-state index is -3.53. The Morgan fingerprint density at radius 2 is 1.75 bits per heavy atom. The standard InChI is InChI=1S/C19H24N4O4S/c1-13-11-23(12-14(2)27-13)18-9-6-16(10-21-18)22-19(24)15-4-7-17(8-5-15)28(25,26)20-3/h4-10,13-14,20H,11-12H2,1-3H3,(H,22,24). The highest BCUT2D eigenvalue weighted by molar-refractivity contribution is 7.89. The molecule has 1 aliphatic heterocycles. The van der Waals surface area contributed by atoms with Crippen molar-refractivity contribution < 1.29 is 17.9 Å². The van der Waals surface area contributed by atoms with Gasteiger partial charge in [-0.25, -0.2) is 18.1 Å². The Morgan fingerprint density at radius 1 is 1.11 bits per heavy atom. The molecule has 0 spiro atoms. The minimum Gasteiger partial charge on any atom is -0.372 e. The summed E-state index contributed by atoms with van der Waals surface area (Å²) >= 11 is 0. The van der Waals surface area contributed by atoms with Gasteiger partial charge in [-0.3, -0.25) is 4.79 Å². The Bertz CT molecular complexity index is 919. The third-order valence-electron chi connectivity index (χ3n) is 4.44. The first-order valence-electron chi connectivity index (χ1n) is 9.00. The van der Waals surface area contributed by atoms with Gasteiger partial charge in [-0.2, -0.15) is 0 Å². The van der Waals surface area contributed by atoms with Crippen molar-refractivity contribution in [2.45, 2.75) is 31.0 Å². The summed E-state index contributed by atoms with van der Waals surface area (Å²) < 4.78 is 31.5. The molecule has 1 fully saturated rings. The molecule has 0 radical (unpaired) electrons. The lowest BCUT2D eigenvalue weighted by Crippen LogP contribution is -2.45. The van der Waals surface area contributed by atoms with Gasteiger partial charge >= 0.3 is 0 Å². The van der Waals surface area contributed by atoms with Crippen LogP contribution in [-0.4, -0.2) is 51.7 Å². The van der Waals surface area contributed by atoms with E-state index in [1.807, 2.05) is 19.9 Å². The van der Waals surface area contributed by atoms with E-state index < -0.39 is 10.0 Å². The lowest BCUT2D eigenvalue weighted by atomic mass is 10.2. The number of nitrogens with one attached hydrogen (secondary N) is 2. The van der Waals surface area contributed by atoms with Gasteiger partial charge in [0.2, 0.25) is 10.0 Å². The highest BCUT2D eigenvalue weighted by Gasteiger charge is 2.23. The topological polar surface area (TPSA) is 101 Å². The fraction of sp³-hybridized carbons (Fsp3) is 0.368. The fourth-order valence-corrected chi connectivity index (χ4v) is 3.85. The van der Waals surface area contributed by atoms with Crippen LogP contribution in [0.25, 0.3) is 0 Å². The fourth-order valence-electron chi connectivity index (χ4n) is 3.12. The summed E-state index contributed by atoms with van der Waals surface area (Å²) in [6.07, 6.45) is 1.89. The van der Waals surface area contributed by atoms with Crippen molar-refractivity contribution in [3.05, 3.63) is 48.2 Å². The Kier molecular flexibility index (Phi) is 5.97. The van der Waals surface area contributed by atoms with Gasteiger partial charge in [0.25, 0.3) is 5.91 Å². The third kappa shape index (κ3) is 4.67. The number of amides is 1. The van der Waals surface area contributed by atoms with Crippen molar-refractivity contribution in [3.63, 3.8) is 0 Å². The zero-order valence-corrected chi connectivity index (χ0v) is 16.9. The molecule has 1 amide bonds. The minimum absolute atomic E-state index is 0.103. The van der Waals surface area contributed by atoms with E-state index >= 15 is 0 Å². The second-order valence-electron chi connectivity index (χ2n) is 6.75. The van der Waals surface area contributed by atoms with Crippen molar-refractivity contribution in [1.29, 1.82) is 0 Å². The Balaban J connectivity index is 1.66. The number of ether oxygens (including phenoxy) is 1. The van der Waals surface area contributed by atoms with Crippen molar-refractivity contribution >= 4 is 27.4 Å². The molecule has 1 aliphatic rings. The van der Waals surface area contributed by atoms with E-state index in [0.29, 0.717) is 11.3 Å². The number of rotatable bonds is 5. The van der Waals surface area contributed by atoms with Crippen LogP contribution in [0.1, 0.15) is 24.2 Å². The molecule has 2 aromatic rings. The predicted octanol–water partition coefficient (Wildman–Crippen LogP) is 1.86. The van der Waals surface area contributed by atoms with Crippen LogP contribution in [0.15, 0.2) is 47.5 Å². The Morgan fingerprint density at radius 3 is 2.29 bits per heavy atom. The molecule has 2 N–H and O–H groups in total. The molecule has 28 heavy (non-hydrogen) atoms. The number of aromatic nitrogens is 1. The summed E-state index contributed by atoms with van der Waals surface area (Å²) in [4.78, 5) is 19.1.